The highest BCUT2D eigenvalue weighted by molar-refractivity contribution is 7.86. The molecule has 0 radical (unpaired) electrons. The molecule has 0 amide bonds. The van der Waals surface area contributed by atoms with E-state index in [-0.39, 0.29) is 4.90 Å². The quantitative estimate of drug-likeness (QED) is 0.627. The molecule has 0 atom stereocenters. The summed E-state index contributed by atoms with van der Waals surface area (Å²) >= 11 is 0. The maximum absolute atomic E-state index is 12.0. The lowest BCUT2D eigenvalue weighted by molar-refractivity contribution is 0.414. The molecule has 2 aromatic carbocycles. The third kappa shape index (κ3) is 4.10. The Morgan fingerprint density at radius 1 is 0.952 bits per heavy atom. The van der Waals surface area contributed by atoms with Crippen molar-refractivity contribution < 1.29 is 17.3 Å². The van der Waals surface area contributed by atoms with Gasteiger partial charge in [0.15, 0.2) is 0 Å². The minimum Gasteiger partial charge on any atom is -0.497 e. The molecule has 2 rings (SSSR count). The standard InChI is InChI=1S/C16H16O4S/c1-13-3-5-14(6-4-13)11-12-20-21(17,18)16-9-7-15(19-2)8-10-16/h3-12H,1-2H3. The van der Waals surface area contributed by atoms with Gasteiger partial charge in [0.1, 0.15) is 16.9 Å². The van der Waals surface area contributed by atoms with Crippen molar-refractivity contribution in [2.75, 3.05) is 7.11 Å². The van der Waals surface area contributed by atoms with Crippen molar-refractivity contribution in [3.8, 4) is 5.75 Å². The fourth-order valence-electron chi connectivity index (χ4n) is 1.65. The molecule has 0 aliphatic heterocycles. The Morgan fingerprint density at radius 2 is 1.57 bits per heavy atom. The van der Waals surface area contributed by atoms with E-state index in [0.29, 0.717) is 5.75 Å². The van der Waals surface area contributed by atoms with E-state index in [4.69, 9.17) is 8.92 Å². The van der Waals surface area contributed by atoms with Gasteiger partial charge in [0, 0.05) is 0 Å². The Labute approximate surface area is 124 Å². The zero-order valence-electron chi connectivity index (χ0n) is 11.8. The average Bonchev–Trinajstić information content (AvgIpc) is 2.49. The summed E-state index contributed by atoms with van der Waals surface area (Å²) in [7, 11) is -2.29. The van der Waals surface area contributed by atoms with Crippen LogP contribution in [0.15, 0.2) is 59.7 Å². The second-order valence-electron chi connectivity index (χ2n) is 4.44. The largest absolute Gasteiger partial charge is 0.497 e. The van der Waals surface area contributed by atoms with Gasteiger partial charge in [0.25, 0.3) is 0 Å². The second kappa shape index (κ2) is 6.45. The number of hydrogen-bond acceptors (Lipinski definition) is 4. The molecule has 0 fully saturated rings. The van der Waals surface area contributed by atoms with Crippen LogP contribution >= 0.6 is 0 Å². The maximum Gasteiger partial charge on any atom is 0.338 e. The average molecular weight is 304 g/mol. The van der Waals surface area contributed by atoms with Crippen LogP contribution in [-0.2, 0) is 14.3 Å². The molecule has 0 aliphatic rings. The monoisotopic (exact) mass is 304 g/mol. The highest BCUT2D eigenvalue weighted by atomic mass is 32.2. The van der Waals surface area contributed by atoms with Crippen molar-refractivity contribution in [2.45, 2.75) is 11.8 Å². The van der Waals surface area contributed by atoms with Crippen LogP contribution in [-0.4, -0.2) is 15.5 Å². The molecule has 4 nitrogen and oxygen atoms in total. The summed E-state index contributed by atoms with van der Waals surface area (Å²) in [6, 6.07) is 13.7. The van der Waals surface area contributed by atoms with Gasteiger partial charge in [-0.05, 0) is 42.8 Å². The third-order valence-electron chi connectivity index (χ3n) is 2.87. The number of ether oxygens (including phenoxy) is 1. The molecule has 0 aromatic heterocycles. The van der Waals surface area contributed by atoms with Crippen LogP contribution in [0.2, 0.25) is 0 Å². The van der Waals surface area contributed by atoms with E-state index >= 15 is 0 Å². The van der Waals surface area contributed by atoms with E-state index in [2.05, 4.69) is 0 Å². The Hall–Kier alpha value is -2.27. The van der Waals surface area contributed by atoms with E-state index in [1.54, 1.807) is 18.2 Å². The lowest BCUT2D eigenvalue weighted by Gasteiger charge is -2.04. The van der Waals surface area contributed by atoms with E-state index in [0.717, 1.165) is 11.1 Å². The Morgan fingerprint density at radius 3 is 2.14 bits per heavy atom. The van der Waals surface area contributed by atoms with Crippen molar-refractivity contribution in [3.05, 3.63) is 65.9 Å². The van der Waals surface area contributed by atoms with Gasteiger partial charge in [0.2, 0.25) is 0 Å². The van der Waals surface area contributed by atoms with Crippen molar-refractivity contribution in [2.24, 2.45) is 0 Å². The minimum atomic E-state index is -3.81. The Bertz CT molecular complexity index is 714. The third-order valence-corrected chi connectivity index (χ3v) is 4.08. The molecular formula is C16H16O4S. The lowest BCUT2D eigenvalue weighted by atomic mass is 10.1. The summed E-state index contributed by atoms with van der Waals surface area (Å²) in [6.07, 6.45) is 2.77. The molecule has 0 spiro atoms. The van der Waals surface area contributed by atoms with Crippen molar-refractivity contribution in [1.29, 1.82) is 0 Å². The van der Waals surface area contributed by atoms with Crippen LogP contribution in [0.4, 0.5) is 0 Å². The second-order valence-corrected chi connectivity index (χ2v) is 6.01. The zero-order chi connectivity index (χ0) is 15.3. The van der Waals surface area contributed by atoms with Gasteiger partial charge < -0.3 is 8.92 Å². The van der Waals surface area contributed by atoms with Gasteiger partial charge in [-0.15, -0.1) is 0 Å². The molecule has 110 valence electrons. The van der Waals surface area contributed by atoms with Gasteiger partial charge in [-0.1, -0.05) is 29.8 Å². The molecule has 0 aliphatic carbocycles. The number of rotatable bonds is 5. The van der Waals surface area contributed by atoms with Gasteiger partial charge in [-0.25, -0.2) is 0 Å². The highest BCUT2D eigenvalue weighted by Gasteiger charge is 2.13. The summed E-state index contributed by atoms with van der Waals surface area (Å²) < 4.78 is 33.8. The molecule has 5 heteroatoms. The van der Waals surface area contributed by atoms with E-state index in [1.807, 2.05) is 31.2 Å². The fraction of sp³-hybridized carbons (Fsp3) is 0.125. The number of hydrogen-bond donors (Lipinski definition) is 0. The molecule has 2 aromatic rings. The SMILES string of the molecule is COc1ccc(S(=O)(=O)OC=Cc2ccc(C)cc2)cc1. The fourth-order valence-corrected chi connectivity index (χ4v) is 2.44. The predicted molar refractivity (Wildman–Crippen MR) is 81.5 cm³/mol. The van der Waals surface area contributed by atoms with Gasteiger partial charge in [-0.2, -0.15) is 8.42 Å². The molecule has 0 N–H and O–H groups in total. The first-order valence-electron chi connectivity index (χ1n) is 6.32. The molecular weight excluding hydrogens is 288 g/mol. The number of benzene rings is 2. The Kier molecular flexibility index (Phi) is 4.65. The van der Waals surface area contributed by atoms with Crippen molar-refractivity contribution in [1.82, 2.24) is 0 Å². The first kappa shape index (κ1) is 15.1. The van der Waals surface area contributed by atoms with E-state index in [1.165, 1.54) is 25.5 Å². The molecule has 0 saturated carbocycles. The van der Waals surface area contributed by atoms with Crippen LogP contribution in [0.3, 0.4) is 0 Å². The summed E-state index contributed by atoms with van der Waals surface area (Å²) in [5, 5.41) is 0. The van der Waals surface area contributed by atoms with Crippen molar-refractivity contribution in [3.63, 3.8) is 0 Å². The summed E-state index contributed by atoms with van der Waals surface area (Å²) in [5.41, 5.74) is 2.00. The summed E-state index contributed by atoms with van der Waals surface area (Å²) in [5.74, 6) is 0.587. The normalized spacial score (nSPS) is 11.5. The van der Waals surface area contributed by atoms with Crippen LogP contribution in [0.1, 0.15) is 11.1 Å². The van der Waals surface area contributed by atoms with E-state index in [9.17, 15) is 8.42 Å². The minimum absolute atomic E-state index is 0.0804. The van der Waals surface area contributed by atoms with Gasteiger partial charge in [0.05, 0.1) is 7.11 Å². The molecule has 0 unspecified atom stereocenters. The maximum atomic E-state index is 12.0. The van der Waals surface area contributed by atoms with Crippen LogP contribution in [0, 0.1) is 6.92 Å². The molecule has 0 saturated heterocycles. The first-order valence-corrected chi connectivity index (χ1v) is 7.73. The topological polar surface area (TPSA) is 52.6 Å². The molecule has 21 heavy (non-hydrogen) atoms. The van der Waals surface area contributed by atoms with Crippen LogP contribution < -0.4 is 4.74 Å². The van der Waals surface area contributed by atoms with Gasteiger partial charge >= 0.3 is 10.1 Å². The number of methoxy groups -OCH3 is 1. The van der Waals surface area contributed by atoms with Crippen molar-refractivity contribution >= 4 is 16.2 Å². The first-order chi connectivity index (χ1) is 10.0. The van der Waals surface area contributed by atoms with Crippen LogP contribution in [0.25, 0.3) is 6.08 Å². The zero-order valence-corrected chi connectivity index (χ0v) is 12.6. The van der Waals surface area contributed by atoms with Crippen LogP contribution in [0.5, 0.6) is 5.75 Å². The lowest BCUT2D eigenvalue weighted by Crippen LogP contribution is -2.01. The predicted octanol–water partition coefficient (Wildman–Crippen LogP) is 3.38. The van der Waals surface area contributed by atoms with E-state index < -0.39 is 10.1 Å². The number of aryl methyl sites for hydroxylation is 1. The van der Waals surface area contributed by atoms with Gasteiger partial charge in [-0.3, -0.25) is 0 Å². The summed E-state index contributed by atoms with van der Waals surface area (Å²) in [4.78, 5) is 0.0804. The highest BCUT2D eigenvalue weighted by Crippen LogP contribution is 2.18. The molecule has 0 bridgehead atoms. The Balaban J connectivity index is 2.08. The summed E-state index contributed by atoms with van der Waals surface area (Å²) in [6.45, 7) is 1.98. The molecule has 0 heterocycles. The smallest absolute Gasteiger partial charge is 0.338 e.